The molecule has 0 aromatic carbocycles. The number of nitrogens with zero attached hydrogens (tertiary/aromatic N) is 1. The third kappa shape index (κ3) is 18.2. The zero-order valence-electron chi connectivity index (χ0n) is 26.1. The van der Waals surface area contributed by atoms with E-state index < -0.39 is 0 Å². The van der Waals surface area contributed by atoms with Crippen LogP contribution in [0.1, 0.15) is 212 Å². The van der Waals surface area contributed by atoms with Crippen LogP contribution in [0.15, 0.2) is 12.4 Å². The van der Waals surface area contributed by atoms with E-state index in [0.717, 1.165) is 0 Å². The molecule has 0 saturated carbocycles. The van der Waals surface area contributed by atoms with Gasteiger partial charge in [0.25, 0.3) is 5.82 Å². The first-order valence-electron chi connectivity index (χ1n) is 17.3. The largest absolute Gasteiger partial charge is 0.257 e. The van der Waals surface area contributed by atoms with Crippen molar-refractivity contribution in [3.05, 3.63) is 18.2 Å². The van der Waals surface area contributed by atoms with Crippen LogP contribution in [0.5, 0.6) is 0 Å². The molecular formula is C35H69N2+. The fourth-order valence-electron chi connectivity index (χ4n) is 6.07. The molecule has 37 heavy (non-hydrogen) atoms. The number of nitrogens with one attached hydrogen (secondary N) is 1. The molecule has 2 heteroatoms. The molecule has 0 radical (unpaired) electrons. The average Bonchev–Trinajstić information content (AvgIpc) is 3.40. The number of imidazole rings is 1. The first-order valence-corrected chi connectivity index (χ1v) is 17.3. The molecular weight excluding hydrogens is 448 g/mol. The minimum absolute atomic E-state index is 0.622. The molecule has 0 aliphatic rings. The van der Waals surface area contributed by atoms with Crippen LogP contribution >= 0.6 is 0 Å². The lowest BCUT2D eigenvalue weighted by atomic mass is 9.93. The van der Waals surface area contributed by atoms with E-state index in [1.54, 1.807) is 0 Å². The predicted molar refractivity (Wildman–Crippen MR) is 166 cm³/mol. The third-order valence-electron chi connectivity index (χ3n) is 8.64. The zero-order valence-corrected chi connectivity index (χ0v) is 26.1. The summed E-state index contributed by atoms with van der Waals surface area (Å²) in [5, 5.41) is 0. The maximum absolute atomic E-state index is 3.72. The molecule has 0 amide bonds. The van der Waals surface area contributed by atoms with Crippen LogP contribution in [0.25, 0.3) is 0 Å². The maximum atomic E-state index is 3.72. The second-order valence-corrected chi connectivity index (χ2v) is 12.2. The first kappa shape index (κ1) is 34.2. The standard InChI is InChI=1S/C35H68N2/c1-5-8-11-14-17-18-19-21-22-25-28-33(4)37-32-31-36-35(37)34(29-26-23-16-13-10-7-3)30-27-24-20-15-12-9-6-2/h31-34H,5-30H2,1-4H3/p+1. The summed E-state index contributed by atoms with van der Waals surface area (Å²) in [4.78, 5) is 3.72. The molecule has 0 saturated heterocycles. The van der Waals surface area contributed by atoms with Crippen LogP contribution in [0, 0.1) is 0 Å². The molecule has 1 rings (SSSR count). The molecule has 0 bridgehead atoms. The Labute approximate surface area is 234 Å². The van der Waals surface area contributed by atoms with Crippen molar-refractivity contribution >= 4 is 0 Å². The van der Waals surface area contributed by atoms with Crippen LogP contribution < -0.4 is 4.57 Å². The van der Waals surface area contributed by atoms with Gasteiger partial charge in [-0.1, -0.05) is 162 Å². The molecule has 1 heterocycles. The Morgan fingerprint density at radius 3 is 1.27 bits per heavy atom. The summed E-state index contributed by atoms with van der Waals surface area (Å²) in [6, 6.07) is 0.622. The van der Waals surface area contributed by atoms with E-state index >= 15 is 0 Å². The minimum atomic E-state index is 0.622. The van der Waals surface area contributed by atoms with Crippen molar-refractivity contribution < 1.29 is 4.57 Å². The van der Waals surface area contributed by atoms with E-state index in [-0.39, 0.29) is 0 Å². The summed E-state index contributed by atoms with van der Waals surface area (Å²) in [5.41, 5.74) is 0. The van der Waals surface area contributed by atoms with Gasteiger partial charge in [0.05, 0.1) is 12.0 Å². The van der Waals surface area contributed by atoms with Gasteiger partial charge < -0.3 is 0 Å². The number of unbranched alkanes of at least 4 members (excludes halogenated alkanes) is 20. The smallest absolute Gasteiger partial charge is 0.247 e. The summed E-state index contributed by atoms with van der Waals surface area (Å²) in [6.45, 7) is 9.40. The number of aromatic nitrogens is 2. The van der Waals surface area contributed by atoms with Gasteiger partial charge in [0, 0.05) is 0 Å². The van der Waals surface area contributed by atoms with Gasteiger partial charge in [-0.05, 0) is 32.6 Å². The van der Waals surface area contributed by atoms with Gasteiger partial charge in [-0.2, -0.15) is 0 Å². The lowest BCUT2D eigenvalue weighted by Crippen LogP contribution is -2.41. The maximum Gasteiger partial charge on any atom is 0.257 e. The van der Waals surface area contributed by atoms with Crippen molar-refractivity contribution in [2.24, 2.45) is 0 Å². The summed E-state index contributed by atoms with van der Waals surface area (Å²) in [7, 11) is 0. The molecule has 1 aromatic heterocycles. The quantitative estimate of drug-likeness (QED) is 0.0842. The lowest BCUT2D eigenvalue weighted by molar-refractivity contribution is -0.727. The van der Waals surface area contributed by atoms with Crippen LogP contribution in [0.4, 0.5) is 0 Å². The van der Waals surface area contributed by atoms with Crippen molar-refractivity contribution in [2.75, 3.05) is 0 Å². The van der Waals surface area contributed by atoms with E-state index in [9.17, 15) is 0 Å². The monoisotopic (exact) mass is 518 g/mol. The molecule has 2 unspecified atom stereocenters. The Bertz CT molecular complexity index is 578. The Morgan fingerprint density at radius 2 is 0.865 bits per heavy atom. The number of aromatic amines is 1. The molecule has 0 spiro atoms. The number of hydrogen-bond donors (Lipinski definition) is 1. The normalized spacial score (nSPS) is 13.3. The van der Waals surface area contributed by atoms with Gasteiger partial charge in [0.15, 0.2) is 0 Å². The Hall–Kier alpha value is -0.790. The van der Waals surface area contributed by atoms with E-state index in [1.165, 1.54) is 173 Å². The summed E-state index contributed by atoms with van der Waals surface area (Å²) in [6.07, 6.45) is 41.2. The zero-order chi connectivity index (χ0) is 26.8. The van der Waals surface area contributed by atoms with Crippen molar-refractivity contribution in [3.63, 3.8) is 0 Å². The topological polar surface area (TPSA) is 19.7 Å². The molecule has 1 N–H and O–H groups in total. The van der Waals surface area contributed by atoms with Gasteiger partial charge in [0.2, 0.25) is 0 Å². The van der Waals surface area contributed by atoms with Gasteiger partial charge in [-0.15, -0.1) is 0 Å². The minimum Gasteiger partial charge on any atom is -0.247 e. The molecule has 1 aromatic rings. The van der Waals surface area contributed by atoms with Crippen molar-refractivity contribution in [2.45, 2.75) is 207 Å². The molecule has 2 atom stereocenters. The highest BCUT2D eigenvalue weighted by Gasteiger charge is 2.25. The Balaban J connectivity index is 2.44. The van der Waals surface area contributed by atoms with Crippen LogP contribution in [0.2, 0.25) is 0 Å². The highest BCUT2D eigenvalue weighted by atomic mass is 15.1. The molecule has 0 aliphatic carbocycles. The summed E-state index contributed by atoms with van der Waals surface area (Å²) < 4.78 is 2.62. The Morgan fingerprint density at radius 1 is 0.514 bits per heavy atom. The van der Waals surface area contributed by atoms with E-state index in [4.69, 9.17) is 0 Å². The summed E-state index contributed by atoms with van der Waals surface area (Å²) >= 11 is 0. The third-order valence-corrected chi connectivity index (χ3v) is 8.64. The fraction of sp³-hybridized carbons (Fsp3) is 0.914. The second kappa shape index (κ2) is 25.5. The Kier molecular flexibility index (Phi) is 23.6. The van der Waals surface area contributed by atoms with Gasteiger partial charge in [0.1, 0.15) is 12.4 Å². The molecule has 0 fully saturated rings. The van der Waals surface area contributed by atoms with Crippen LogP contribution in [0.3, 0.4) is 0 Å². The molecule has 218 valence electrons. The van der Waals surface area contributed by atoms with Crippen LogP contribution in [-0.4, -0.2) is 4.98 Å². The molecule has 0 aliphatic heterocycles. The van der Waals surface area contributed by atoms with Gasteiger partial charge >= 0.3 is 0 Å². The number of rotatable bonds is 28. The van der Waals surface area contributed by atoms with E-state index in [1.807, 2.05) is 0 Å². The highest BCUT2D eigenvalue weighted by Crippen LogP contribution is 2.27. The van der Waals surface area contributed by atoms with Crippen LogP contribution in [-0.2, 0) is 0 Å². The summed E-state index contributed by atoms with van der Waals surface area (Å²) in [5.74, 6) is 2.24. The fourth-order valence-corrected chi connectivity index (χ4v) is 6.07. The first-order chi connectivity index (χ1) is 18.2. The number of hydrogen-bond acceptors (Lipinski definition) is 0. The van der Waals surface area contributed by atoms with E-state index in [0.29, 0.717) is 12.0 Å². The second-order valence-electron chi connectivity index (χ2n) is 12.2. The van der Waals surface area contributed by atoms with Gasteiger partial charge in [-0.25, -0.2) is 9.55 Å². The van der Waals surface area contributed by atoms with Crippen molar-refractivity contribution in [1.29, 1.82) is 0 Å². The average molecular weight is 518 g/mol. The van der Waals surface area contributed by atoms with Crippen molar-refractivity contribution in [3.8, 4) is 0 Å². The lowest BCUT2D eigenvalue weighted by Gasteiger charge is -2.17. The van der Waals surface area contributed by atoms with Crippen molar-refractivity contribution in [1.82, 2.24) is 4.98 Å². The van der Waals surface area contributed by atoms with Gasteiger partial charge in [-0.3, -0.25) is 0 Å². The molecule has 2 nitrogen and oxygen atoms in total. The SMILES string of the molecule is CCCCCCCCCCCCC(C)[n+]1cc[nH]c1C(CCCCCCCC)CCCCCCCCC. The number of H-pyrrole nitrogens is 1. The van der Waals surface area contributed by atoms with E-state index in [2.05, 4.69) is 49.6 Å². The predicted octanol–water partition coefficient (Wildman–Crippen LogP) is 12.1. The highest BCUT2D eigenvalue weighted by molar-refractivity contribution is 4.90.